The fourth-order valence-electron chi connectivity index (χ4n) is 1.07. The van der Waals surface area contributed by atoms with Gasteiger partial charge in [0, 0.05) is 9.13 Å². The van der Waals surface area contributed by atoms with Gasteiger partial charge in [-0.1, -0.05) is 9.89 Å². The lowest BCUT2D eigenvalue weighted by atomic mass is 10.2. The highest BCUT2D eigenvalue weighted by atomic mass is 127. The number of nitrogens with zero attached hydrogens (tertiary/aromatic N) is 5. The fraction of sp³-hybridized carbons (Fsp3) is 0. The Balaban J connectivity index is 2.37. The fourth-order valence-corrected chi connectivity index (χ4v) is 2.96. The Labute approximate surface area is 123 Å². The van der Waals surface area contributed by atoms with Gasteiger partial charge >= 0.3 is 0 Å². The van der Waals surface area contributed by atoms with Crippen molar-refractivity contribution in [1.29, 1.82) is 0 Å². The summed E-state index contributed by atoms with van der Waals surface area (Å²) in [5.41, 5.74) is 6.03. The quantitative estimate of drug-likeness (QED) is 0.520. The lowest BCUT2D eigenvalue weighted by Crippen LogP contribution is -2.00. The van der Waals surface area contributed by atoms with E-state index in [0.29, 0.717) is 5.56 Å². The lowest BCUT2D eigenvalue weighted by Gasteiger charge is -2.02. The van der Waals surface area contributed by atoms with Gasteiger partial charge in [-0.15, -0.1) is 0 Å². The van der Waals surface area contributed by atoms with E-state index in [-0.39, 0.29) is 11.7 Å². The van der Waals surface area contributed by atoms with Crippen LogP contribution >= 0.6 is 45.2 Å². The number of phenolic OH excluding ortho intramolecular Hbond substituents is 1. The molecule has 2 aromatic rings. The Hall–Kier alpha value is -0.980. The molecule has 0 aliphatic rings. The van der Waals surface area contributed by atoms with E-state index in [4.69, 9.17) is 5.73 Å². The summed E-state index contributed by atoms with van der Waals surface area (Å²) in [6.07, 6.45) is 1.45. The average Bonchev–Trinajstić information content (AvgIpc) is 2.67. The molecule has 2 rings (SSSR count). The van der Waals surface area contributed by atoms with Crippen molar-refractivity contribution in [3.63, 3.8) is 0 Å². The molecule has 7 nitrogen and oxygen atoms in total. The van der Waals surface area contributed by atoms with E-state index in [9.17, 15) is 5.11 Å². The largest absolute Gasteiger partial charge is 0.506 e. The van der Waals surface area contributed by atoms with Crippen molar-refractivity contribution in [2.24, 2.45) is 5.10 Å². The number of aromatic hydroxyl groups is 1. The van der Waals surface area contributed by atoms with Crippen LogP contribution in [0.1, 0.15) is 5.56 Å². The highest BCUT2D eigenvalue weighted by Crippen LogP contribution is 2.25. The van der Waals surface area contributed by atoms with Gasteiger partial charge in [-0.25, -0.2) is 0 Å². The third kappa shape index (κ3) is 2.83. The zero-order chi connectivity index (χ0) is 12.4. The summed E-state index contributed by atoms with van der Waals surface area (Å²) in [7, 11) is 0. The molecule has 9 heteroatoms. The number of benzene rings is 1. The molecule has 88 valence electrons. The number of anilines is 1. The van der Waals surface area contributed by atoms with Crippen molar-refractivity contribution in [3.8, 4) is 5.75 Å². The van der Waals surface area contributed by atoms with Crippen LogP contribution in [0.4, 0.5) is 5.95 Å². The average molecular weight is 456 g/mol. The molecule has 0 aliphatic carbocycles. The Bertz CT molecular complexity index is 581. The molecular weight excluding hydrogens is 450 g/mol. The van der Waals surface area contributed by atoms with E-state index in [1.165, 1.54) is 6.21 Å². The zero-order valence-corrected chi connectivity index (χ0v) is 12.6. The summed E-state index contributed by atoms with van der Waals surface area (Å²) >= 11 is 4.21. The summed E-state index contributed by atoms with van der Waals surface area (Å²) in [5, 5.41) is 24.2. The van der Waals surface area contributed by atoms with Gasteiger partial charge in [0.25, 0.3) is 5.95 Å². The van der Waals surface area contributed by atoms with Gasteiger partial charge in [0.15, 0.2) is 0 Å². The van der Waals surface area contributed by atoms with Crippen LogP contribution in [0.3, 0.4) is 0 Å². The first-order valence-electron chi connectivity index (χ1n) is 4.34. The number of nitrogens with two attached hydrogens (primary N) is 1. The van der Waals surface area contributed by atoms with Gasteiger partial charge in [-0.2, -0.15) is 5.10 Å². The number of hydrogen-bond acceptors (Lipinski definition) is 6. The van der Waals surface area contributed by atoms with Crippen molar-refractivity contribution >= 4 is 57.3 Å². The van der Waals surface area contributed by atoms with E-state index in [2.05, 4.69) is 43.2 Å². The summed E-state index contributed by atoms with van der Waals surface area (Å²) < 4.78 is 1.75. The van der Waals surface area contributed by atoms with E-state index in [0.717, 1.165) is 11.9 Å². The van der Waals surface area contributed by atoms with Crippen LogP contribution in [-0.4, -0.2) is 31.6 Å². The number of halogens is 2. The van der Waals surface area contributed by atoms with Gasteiger partial charge in [0.1, 0.15) is 5.75 Å². The molecular formula is C8H6I2N6O. The molecule has 0 spiro atoms. The highest BCUT2D eigenvalue weighted by Gasteiger charge is 2.05. The van der Waals surface area contributed by atoms with Gasteiger partial charge in [0.2, 0.25) is 0 Å². The lowest BCUT2D eigenvalue weighted by molar-refractivity contribution is 0.470. The van der Waals surface area contributed by atoms with E-state index in [1.807, 2.05) is 28.7 Å². The van der Waals surface area contributed by atoms with Crippen LogP contribution in [-0.2, 0) is 0 Å². The van der Waals surface area contributed by atoms with Crippen molar-refractivity contribution in [2.75, 3.05) is 5.73 Å². The summed E-state index contributed by atoms with van der Waals surface area (Å²) in [6.45, 7) is 0. The number of aromatic nitrogens is 4. The smallest absolute Gasteiger partial charge is 0.263 e. The minimum absolute atomic E-state index is 0.0843. The topological polar surface area (TPSA) is 102 Å². The molecule has 1 aromatic carbocycles. The Morgan fingerprint density at radius 3 is 2.82 bits per heavy atom. The van der Waals surface area contributed by atoms with Crippen LogP contribution in [0, 0.1) is 7.14 Å². The Morgan fingerprint density at radius 1 is 1.41 bits per heavy atom. The molecule has 0 saturated carbocycles. The van der Waals surface area contributed by atoms with Gasteiger partial charge in [0.05, 0.1) is 9.78 Å². The van der Waals surface area contributed by atoms with Crippen LogP contribution in [0.15, 0.2) is 17.2 Å². The Morgan fingerprint density at radius 2 is 2.18 bits per heavy atom. The first-order chi connectivity index (χ1) is 8.08. The first kappa shape index (κ1) is 12.5. The zero-order valence-electron chi connectivity index (χ0n) is 8.25. The van der Waals surface area contributed by atoms with Crippen LogP contribution in [0.5, 0.6) is 5.75 Å². The first-order valence-corrected chi connectivity index (χ1v) is 6.50. The molecule has 0 unspecified atom stereocenters. The van der Waals surface area contributed by atoms with Crippen molar-refractivity contribution in [3.05, 3.63) is 24.8 Å². The van der Waals surface area contributed by atoms with Crippen LogP contribution < -0.4 is 5.73 Å². The van der Waals surface area contributed by atoms with E-state index < -0.39 is 0 Å². The number of tetrazole rings is 1. The Kier molecular flexibility index (Phi) is 3.76. The number of rotatable bonds is 2. The SMILES string of the molecule is Nc1nnnn1/N=C\c1cc(I)cc(I)c1O. The monoisotopic (exact) mass is 456 g/mol. The normalized spacial score (nSPS) is 11.2. The standard InChI is InChI=1S/C8H6I2N6O/c9-5-1-4(7(17)6(10)2-5)3-12-16-8(11)13-14-15-16/h1-3,17H,(H2,11,13,15)/b12-3-. The van der Waals surface area contributed by atoms with Crippen LogP contribution in [0.2, 0.25) is 0 Å². The number of phenols is 1. The predicted molar refractivity (Wildman–Crippen MR) is 78.8 cm³/mol. The maximum absolute atomic E-state index is 9.83. The van der Waals surface area contributed by atoms with Crippen molar-refractivity contribution in [2.45, 2.75) is 0 Å². The second-order valence-corrected chi connectivity index (χ2v) is 5.40. The maximum Gasteiger partial charge on any atom is 0.263 e. The van der Waals surface area contributed by atoms with Gasteiger partial charge in [-0.05, 0) is 67.7 Å². The summed E-state index contributed by atoms with van der Waals surface area (Å²) in [6, 6.07) is 3.65. The molecule has 3 N–H and O–H groups in total. The summed E-state index contributed by atoms with van der Waals surface area (Å²) in [4.78, 5) is 1.08. The third-order valence-electron chi connectivity index (χ3n) is 1.84. The molecule has 1 heterocycles. The minimum atomic E-state index is 0.0843. The molecule has 0 bridgehead atoms. The molecule has 0 saturated heterocycles. The van der Waals surface area contributed by atoms with Crippen molar-refractivity contribution < 1.29 is 5.11 Å². The van der Waals surface area contributed by atoms with Crippen LogP contribution in [0.25, 0.3) is 0 Å². The summed E-state index contributed by atoms with van der Waals surface area (Å²) in [5.74, 6) is 0.252. The highest BCUT2D eigenvalue weighted by molar-refractivity contribution is 14.1. The molecule has 0 fully saturated rings. The predicted octanol–water partition coefficient (Wildman–Crippen LogP) is 1.05. The molecule has 0 atom stereocenters. The molecule has 1 aromatic heterocycles. The number of nitrogen functional groups attached to an aromatic ring is 1. The van der Waals surface area contributed by atoms with E-state index >= 15 is 0 Å². The maximum atomic E-state index is 9.83. The molecule has 17 heavy (non-hydrogen) atoms. The molecule has 0 amide bonds. The molecule has 0 aliphatic heterocycles. The number of hydrogen-bond donors (Lipinski definition) is 2. The van der Waals surface area contributed by atoms with Gasteiger partial charge < -0.3 is 10.8 Å². The van der Waals surface area contributed by atoms with E-state index in [1.54, 1.807) is 6.07 Å². The third-order valence-corrected chi connectivity index (χ3v) is 3.29. The second-order valence-electron chi connectivity index (χ2n) is 3.00. The van der Waals surface area contributed by atoms with Gasteiger partial charge in [-0.3, -0.25) is 0 Å². The minimum Gasteiger partial charge on any atom is -0.506 e. The second kappa shape index (κ2) is 5.12. The molecule has 0 radical (unpaired) electrons. The van der Waals surface area contributed by atoms with Crippen molar-refractivity contribution in [1.82, 2.24) is 20.3 Å².